The number of carbonyl (C=O) groups excluding carboxylic acids is 3. The Hall–Kier alpha value is -3.34. The SMILES string of the molecule is COc1ccc(/C=C(\C#N)C(=O)OCC(=O)N2CCOC2=O)cc1. The minimum Gasteiger partial charge on any atom is -0.497 e. The molecule has 1 saturated heterocycles. The van der Waals surface area contributed by atoms with Crippen LogP contribution in [-0.2, 0) is 19.1 Å². The molecule has 0 N–H and O–H groups in total. The van der Waals surface area contributed by atoms with E-state index in [1.807, 2.05) is 0 Å². The summed E-state index contributed by atoms with van der Waals surface area (Å²) in [5.41, 5.74) is 0.329. The van der Waals surface area contributed by atoms with E-state index in [1.165, 1.54) is 13.2 Å². The van der Waals surface area contributed by atoms with Crippen LogP contribution in [0.4, 0.5) is 4.79 Å². The Kier molecular flexibility index (Phi) is 5.52. The van der Waals surface area contributed by atoms with E-state index >= 15 is 0 Å². The fourth-order valence-corrected chi connectivity index (χ4v) is 1.91. The molecule has 1 fully saturated rings. The van der Waals surface area contributed by atoms with E-state index in [4.69, 9.17) is 14.7 Å². The van der Waals surface area contributed by atoms with E-state index in [9.17, 15) is 14.4 Å². The molecule has 2 rings (SSSR count). The zero-order valence-corrected chi connectivity index (χ0v) is 12.9. The van der Waals surface area contributed by atoms with E-state index in [0.717, 1.165) is 4.90 Å². The molecule has 1 heterocycles. The standard InChI is InChI=1S/C16H14N2O6/c1-22-13-4-2-11(3-5-13)8-12(9-17)15(20)24-10-14(19)18-6-7-23-16(18)21/h2-5,8H,6-7,10H2,1H3/b12-8+. The van der Waals surface area contributed by atoms with Crippen molar-refractivity contribution >= 4 is 24.0 Å². The average Bonchev–Trinajstić information content (AvgIpc) is 3.03. The fraction of sp³-hybridized carbons (Fsp3) is 0.250. The highest BCUT2D eigenvalue weighted by atomic mass is 16.6. The second kappa shape index (κ2) is 7.78. The van der Waals surface area contributed by atoms with Crippen molar-refractivity contribution in [1.82, 2.24) is 4.90 Å². The maximum absolute atomic E-state index is 11.9. The van der Waals surface area contributed by atoms with Crippen molar-refractivity contribution in [2.24, 2.45) is 0 Å². The second-order valence-electron chi connectivity index (χ2n) is 4.68. The van der Waals surface area contributed by atoms with E-state index in [2.05, 4.69) is 4.74 Å². The van der Waals surface area contributed by atoms with Crippen LogP contribution in [0.3, 0.4) is 0 Å². The van der Waals surface area contributed by atoms with Crippen LogP contribution in [0.1, 0.15) is 5.56 Å². The Labute approximate surface area is 137 Å². The first kappa shape index (κ1) is 17.0. The average molecular weight is 330 g/mol. The number of hydrogen-bond donors (Lipinski definition) is 0. The Morgan fingerprint density at radius 3 is 2.62 bits per heavy atom. The van der Waals surface area contributed by atoms with Crippen molar-refractivity contribution in [3.8, 4) is 11.8 Å². The molecular formula is C16H14N2O6. The van der Waals surface area contributed by atoms with E-state index in [1.54, 1.807) is 30.3 Å². The van der Waals surface area contributed by atoms with Crippen molar-refractivity contribution in [1.29, 1.82) is 5.26 Å². The van der Waals surface area contributed by atoms with Crippen LogP contribution in [0.5, 0.6) is 5.75 Å². The summed E-state index contributed by atoms with van der Waals surface area (Å²) in [4.78, 5) is 35.7. The highest BCUT2D eigenvalue weighted by Gasteiger charge is 2.29. The monoisotopic (exact) mass is 330 g/mol. The molecule has 124 valence electrons. The van der Waals surface area contributed by atoms with Crippen molar-refractivity contribution in [3.05, 3.63) is 35.4 Å². The number of hydrogen-bond acceptors (Lipinski definition) is 7. The third kappa shape index (κ3) is 4.10. The maximum atomic E-state index is 11.9. The Bertz CT molecular complexity index is 717. The molecule has 0 aromatic heterocycles. The van der Waals surface area contributed by atoms with Gasteiger partial charge in [0.25, 0.3) is 5.91 Å². The summed E-state index contributed by atoms with van der Waals surface area (Å²) in [5.74, 6) is -1.02. The topological polar surface area (TPSA) is 106 Å². The lowest BCUT2D eigenvalue weighted by Gasteiger charge is -2.10. The van der Waals surface area contributed by atoms with Gasteiger partial charge in [-0.05, 0) is 23.8 Å². The maximum Gasteiger partial charge on any atom is 0.416 e. The summed E-state index contributed by atoms with van der Waals surface area (Å²) in [7, 11) is 1.52. The summed E-state index contributed by atoms with van der Waals surface area (Å²) in [5, 5.41) is 9.06. The van der Waals surface area contributed by atoms with Gasteiger partial charge in [-0.3, -0.25) is 4.79 Å². The number of esters is 1. The van der Waals surface area contributed by atoms with Crippen molar-refractivity contribution in [2.75, 3.05) is 26.9 Å². The zero-order chi connectivity index (χ0) is 17.5. The summed E-state index contributed by atoms with van der Waals surface area (Å²) in [6, 6.07) is 8.39. The number of carbonyl (C=O) groups is 3. The molecule has 1 aliphatic heterocycles. The number of rotatable bonds is 5. The lowest BCUT2D eigenvalue weighted by Crippen LogP contribution is -2.35. The predicted molar refractivity (Wildman–Crippen MR) is 80.6 cm³/mol. The van der Waals surface area contributed by atoms with Gasteiger partial charge >= 0.3 is 12.1 Å². The lowest BCUT2D eigenvalue weighted by molar-refractivity contribution is -0.147. The summed E-state index contributed by atoms with van der Waals surface area (Å²) >= 11 is 0. The van der Waals surface area contributed by atoms with Gasteiger partial charge in [0, 0.05) is 0 Å². The number of ether oxygens (including phenoxy) is 3. The smallest absolute Gasteiger partial charge is 0.416 e. The minimum atomic E-state index is -0.950. The molecule has 1 aromatic rings. The molecule has 0 spiro atoms. The molecular weight excluding hydrogens is 316 g/mol. The van der Waals surface area contributed by atoms with Crippen LogP contribution >= 0.6 is 0 Å². The lowest BCUT2D eigenvalue weighted by atomic mass is 10.1. The number of nitrogens with zero attached hydrogens (tertiary/aromatic N) is 2. The number of nitriles is 1. The van der Waals surface area contributed by atoms with Crippen LogP contribution in [0.2, 0.25) is 0 Å². The van der Waals surface area contributed by atoms with Gasteiger partial charge in [0.1, 0.15) is 24.0 Å². The second-order valence-corrected chi connectivity index (χ2v) is 4.68. The molecule has 0 atom stereocenters. The molecule has 0 radical (unpaired) electrons. The highest BCUT2D eigenvalue weighted by Crippen LogP contribution is 2.14. The highest BCUT2D eigenvalue weighted by molar-refractivity contribution is 6.00. The molecule has 2 amide bonds. The number of amides is 2. The molecule has 0 bridgehead atoms. The third-order valence-electron chi connectivity index (χ3n) is 3.16. The van der Waals surface area contributed by atoms with Crippen molar-refractivity contribution in [3.63, 3.8) is 0 Å². The largest absolute Gasteiger partial charge is 0.497 e. The molecule has 8 heteroatoms. The van der Waals surface area contributed by atoms with Gasteiger partial charge in [-0.15, -0.1) is 0 Å². The van der Waals surface area contributed by atoms with Gasteiger partial charge in [0.15, 0.2) is 6.61 Å². The van der Waals surface area contributed by atoms with Gasteiger partial charge in [0.2, 0.25) is 0 Å². The Morgan fingerprint density at radius 2 is 2.08 bits per heavy atom. The van der Waals surface area contributed by atoms with Crippen LogP contribution in [0.25, 0.3) is 6.08 Å². The normalized spacial score (nSPS) is 13.9. The van der Waals surface area contributed by atoms with Gasteiger partial charge in [-0.2, -0.15) is 5.26 Å². The van der Waals surface area contributed by atoms with E-state index in [0.29, 0.717) is 11.3 Å². The molecule has 24 heavy (non-hydrogen) atoms. The number of benzene rings is 1. The molecule has 1 aromatic carbocycles. The van der Waals surface area contributed by atoms with Gasteiger partial charge in [-0.25, -0.2) is 14.5 Å². The third-order valence-corrected chi connectivity index (χ3v) is 3.16. The fourth-order valence-electron chi connectivity index (χ4n) is 1.91. The first-order valence-corrected chi connectivity index (χ1v) is 6.95. The number of imide groups is 1. The van der Waals surface area contributed by atoms with Crippen LogP contribution in [0, 0.1) is 11.3 Å². The molecule has 0 saturated carbocycles. The molecule has 8 nitrogen and oxygen atoms in total. The van der Waals surface area contributed by atoms with Crippen molar-refractivity contribution < 1.29 is 28.6 Å². The minimum absolute atomic E-state index is 0.110. The summed E-state index contributed by atoms with van der Waals surface area (Å²) < 4.78 is 14.4. The molecule has 1 aliphatic rings. The predicted octanol–water partition coefficient (Wildman–Crippen LogP) is 1.12. The Balaban J connectivity index is 1.98. The Morgan fingerprint density at radius 1 is 1.38 bits per heavy atom. The van der Waals surface area contributed by atoms with Gasteiger partial charge in [0.05, 0.1) is 13.7 Å². The quantitative estimate of drug-likeness (QED) is 0.452. The van der Waals surface area contributed by atoms with Gasteiger partial charge < -0.3 is 14.2 Å². The first-order valence-electron chi connectivity index (χ1n) is 6.95. The summed E-state index contributed by atoms with van der Waals surface area (Å²) in [6.07, 6.45) is 0.557. The van der Waals surface area contributed by atoms with Crippen LogP contribution in [-0.4, -0.2) is 49.7 Å². The summed E-state index contributed by atoms with van der Waals surface area (Å²) in [6.45, 7) is -0.420. The van der Waals surface area contributed by atoms with Gasteiger partial charge in [-0.1, -0.05) is 12.1 Å². The first-order chi connectivity index (χ1) is 11.5. The molecule has 0 unspecified atom stereocenters. The van der Waals surface area contributed by atoms with Crippen LogP contribution in [0.15, 0.2) is 29.8 Å². The van der Waals surface area contributed by atoms with Crippen LogP contribution < -0.4 is 4.74 Å². The molecule has 0 aliphatic carbocycles. The van der Waals surface area contributed by atoms with E-state index in [-0.39, 0.29) is 18.7 Å². The zero-order valence-electron chi connectivity index (χ0n) is 12.9. The van der Waals surface area contributed by atoms with E-state index < -0.39 is 24.6 Å². The number of cyclic esters (lactones) is 1. The number of methoxy groups -OCH3 is 1. The van der Waals surface area contributed by atoms with Crippen molar-refractivity contribution in [2.45, 2.75) is 0 Å².